The standard InChI is InChI=1S/C19H32N6O3/c26-18(23-12-10-22(11-13-23)15-16-5-3-14-28-16)20-7-4-9-25-19(27)24-8-2-1-6-17(24)21-25/h16H,1-15H2,(H,20,26)/t16-/m1/s1. The highest BCUT2D eigenvalue weighted by Crippen LogP contribution is 2.14. The van der Waals surface area contributed by atoms with Gasteiger partial charge in [-0.15, -0.1) is 0 Å². The van der Waals surface area contributed by atoms with Gasteiger partial charge in [-0.3, -0.25) is 9.47 Å². The van der Waals surface area contributed by atoms with E-state index >= 15 is 0 Å². The zero-order chi connectivity index (χ0) is 19.3. The van der Waals surface area contributed by atoms with Gasteiger partial charge >= 0.3 is 11.7 Å². The second kappa shape index (κ2) is 9.09. The average molecular weight is 393 g/mol. The van der Waals surface area contributed by atoms with Gasteiger partial charge in [0.2, 0.25) is 0 Å². The number of carbonyl (C=O) groups excluding carboxylic acids is 1. The molecule has 0 bridgehead atoms. The predicted octanol–water partition coefficient (Wildman–Crippen LogP) is 0.277. The van der Waals surface area contributed by atoms with Gasteiger partial charge in [-0.2, -0.15) is 5.10 Å². The van der Waals surface area contributed by atoms with Crippen LogP contribution in [0.4, 0.5) is 4.79 Å². The quantitative estimate of drug-likeness (QED) is 0.703. The second-order valence-electron chi connectivity index (χ2n) is 8.04. The molecule has 28 heavy (non-hydrogen) atoms. The lowest BCUT2D eigenvalue weighted by molar-refractivity contribution is 0.0561. The number of amides is 2. The Hall–Kier alpha value is -1.87. The Morgan fingerprint density at radius 2 is 2.00 bits per heavy atom. The van der Waals surface area contributed by atoms with Crippen LogP contribution in [0, 0.1) is 0 Å². The van der Waals surface area contributed by atoms with Crippen LogP contribution in [-0.2, 0) is 24.2 Å². The number of hydrogen-bond acceptors (Lipinski definition) is 5. The van der Waals surface area contributed by atoms with E-state index in [0.717, 1.165) is 77.4 Å². The zero-order valence-electron chi connectivity index (χ0n) is 16.6. The lowest BCUT2D eigenvalue weighted by Gasteiger charge is -2.35. The summed E-state index contributed by atoms with van der Waals surface area (Å²) in [4.78, 5) is 28.9. The van der Waals surface area contributed by atoms with Gasteiger partial charge in [0.05, 0.1) is 6.10 Å². The maximum absolute atomic E-state index is 12.4. The summed E-state index contributed by atoms with van der Waals surface area (Å²) in [6.45, 7) is 7.09. The van der Waals surface area contributed by atoms with Crippen LogP contribution in [0.1, 0.15) is 37.9 Å². The summed E-state index contributed by atoms with van der Waals surface area (Å²) in [5, 5.41) is 7.42. The average Bonchev–Trinajstić information content (AvgIpc) is 3.34. The SMILES string of the molecule is O=C(NCCCn1nc2n(c1=O)CCCC2)N1CCN(C[C@H]2CCCO2)CC1. The van der Waals surface area contributed by atoms with E-state index in [0.29, 0.717) is 25.6 Å². The molecule has 1 N–H and O–H groups in total. The van der Waals surface area contributed by atoms with E-state index in [4.69, 9.17) is 4.74 Å². The summed E-state index contributed by atoms with van der Waals surface area (Å²) >= 11 is 0. The Balaban J connectivity index is 1.14. The minimum absolute atomic E-state index is 0.00625. The Morgan fingerprint density at radius 3 is 2.75 bits per heavy atom. The Bertz CT molecular complexity index is 716. The van der Waals surface area contributed by atoms with Crippen molar-refractivity contribution in [3.8, 4) is 0 Å². The molecule has 156 valence electrons. The first-order chi connectivity index (χ1) is 13.7. The fraction of sp³-hybridized carbons (Fsp3) is 0.842. The van der Waals surface area contributed by atoms with Gasteiger partial charge in [-0.05, 0) is 32.1 Å². The van der Waals surface area contributed by atoms with Crippen molar-refractivity contribution < 1.29 is 9.53 Å². The van der Waals surface area contributed by atoms with Crippen molar-refractivity contribution in [2.24, 2.45) is 0 Å². The van der Waals surface area contributed by atoms with E-state index in [1.165, 1.54) is 6.42 Å². The number of ether oxygens (including phenoxy) is 1. The minimum atomic E-state index is -0.0107. The van der Waals surface area contributed by atoms with Crippen molar-refractivity contribution in [3.63, 3.8) is 0 Å². The number of hydrogen-bond donors (Lipinski definition) is 1. The first-order valence-electron chi connectivity index (χ1n) is 10.7. The topological polar surface area (TPSA) is 84.6 Å². The van der Waals surface area contributed by atoms with Gasteiger partial charge < -0.3 is 15.0 Å². The third-order valence-electron chi connectivity index (χ3n) is 6.00. The number of nitrogens with one attached hydrogen (secondary N) is 1. The Labute approximate surface area is 165 Å². The molecule has 1 atom stereocenters. The normalized spacial score (nSPS) is 23.0. The van der Waals surface area contributed by atoms with E-state index in [-0.39, 0.29) is 11.7 Å². The summed E-state index contributed by atoms with van der Waals surface area (Å²) in [5.41, 5.74) is -0.0107. The highest BCUT2D eigenvalue weighted by atomic mass is 16.5. The second-order valence-corrected chi connectivity index (χ2v) is 8.04. The summed E-state index contributed by atoms with van der Waals surface area (Å²) in [6, 6.07) is -0.00625. The van der Waals surface area contributed by atoms with Crippen LogP contribution in [0.2, 0.25) is 0 Å². The van der Waals surface area contributed by atoms with Gasteiger partial charge in [-0.25, -0.2) is 14.3 Å². The van der Waals surface area contributed by atoms with Crippen molar-refractivity contribution in [3.05, 3.63) is 16.3 Å². The van der Waals surface area contributed by atoms with E-state index in [1.807, 2.05) is 4.90 Å². The third kappa shape index (κ3) is 4.57. The van der Waals surface area contributed by atoms with Gasteiger partial charge in [0, 0.05) is 65.4 Å². The molecule has 9 heteroatoms. The van der Waals surface area contributed by atoms with E-state index in [9.17, 15) is 9.59 Å². The molecule has 2 amide bonds. The highest BCUT2D eigenvalue weighted by Gasteiger charge is 2.24. The Morgan fingerprint density at radius 1 is 1.14 bits per heavy atom. The highest BCUT2D eigenvalue weighted by molar-refractivity contribution is 5.74. The zero-order valence-corrected chi connectivity index (χ0v) is 16.6. The molecule has 4 heterocycles. The first-order valence-corrected chi connectivity index (χ1v) is 10.7. The van der Waals surface area contributed by atoms with Crippen molar-refractivity contribution in [2.75, 3.05) is 45.9 Å². The number of urea groups is 1. The summed E-state index contributed by atoms with van der Waals surface area (Å²) in [7, 11) is 0. The maximum Gasteiger partial charge on any atom is 0.345 e. The van der Waals surface area contributed by atoms with Crippen LogP contribution in [-0.4, -0.2) is 82.2 Å². The van der Waals surface area contributed by atoms with E-state index < -0.39 is 0 Å². The number of carbonyl (C=O) groups is 1. The largest absolute Gasteiger partial charge is 0.377 e. The van der Waals surface area contributed by atoms with Crippen LogP contribution in [0.15, 0.2) is 4.79 Å². The van der Waals surface area contributed by atoms with Crippen LogP contribution in [0.3, 0.4) is 0 Å². The smallest absolute Gasteiger partial charge is 0.345 e. The lowest BCUT2D eigenvalue weighted by Crippen LogP contribution is -2.53. The van der Waals surface area contributed by atoms with Crippen molar-refractivity contribution in [2.45, 2.75) is 57.7 Å². The van der Waals surface area contributed by atoms with Crippen molar-refractivity contribution >= 4 is 6.03 Å². The van der Waals surface area contributed by atoms with Gasteiger partial charge in [0.25, 0.3) is 0 Å². The van der Waals surface area contributed by atoms with E-state index in [1.54, 1.807) is 9.25 Å². The molecule has 3 aliphatic heterocycles. The maximum atomic E-state index is 12.4. The van der Waals surface area contributed by atoms with Crippen molar-refractivity contribution in [1.29, 1.82) is 0 Å². The predicted molar refractivity (Wildman–Crippen MR) is 104 cm³/mol. The monoisotopic (exact) mass is 392 g/mol. The number of rotatable bonds is 6. The summed E-state index contributed by atoms with van der Waals surface area (Å²) in [6.07, 6.45) is 6.45. The fourth-order valence-electron chi connectivity index (χ4n) is 4.34. The molecule has 0 aliphatic carbocycles. The Kier molecular flexibility index (Phi) is 6.31. The number of fused-ring (bicyclic) bond motifs is 1. The number of aromatic nitrogens is 3. The molecule has 0 saturated carbocycles. The van der Waals surface area contributed by atoms with Gasteiger partial charge in [0.1, 0.15) is 5.82 Å². The lowest BCUT2D eigenvalue weighted by atomic mass is 10.2. The molecular formula is C19H32N6O3. The fourth-order valence-corrected chi connectivity index (χ4v) is 4.34. The van der Waals surface area contributed by atoms with Crippen molar-refractivity contribution in [1.82, 2.24) is 29.5 Å². The molecule has 0 radical (unpaired) electrons. The van der Waals surface area contributed by atoms with Crippen LogP contribution >= 0.6 is 0 Å². The van der Waals surface area contributed by atoms with Crippen LogP contribution < -0.4 is 11.0 Å². The molecule has 1 aromatic heterocycles. The number of nitrogens with zero attached hydrogens (tertiary/aromatic N) is 5. The molecular weight excluding hydrogens is 360 g/mol. The molecule has 3 aliphatic rings. The molecule has 0 unspecified atom stereocenters. The molecule has 0 aromatic carbocycles. The first kappa shape index (κ1) is 19.4. The molecule has 2 saturated heterocycles. The van der Waals surface area contributed by atoms with Crippen LogP contribution in [0.5, 0.6) is 0 Å². The molecule has 1 aromatic rings. The van der Waals surface area contributed by atoms with Crippen LogP contribution in [0.25, 0.3) is 0 Å². The third-order valence-corrected chi connectivity index (χ3v) is 6.00. The number of piperazine rings is 1. The summed E-state index contributed by atoms with van der Waals surface area (Å²) in [5.74, 6) is 0.904. The molecule has 2 fully saturated rings. The molecule has 9 nitrogen and oxygen atoms in total. The molecule has 4 rings (SSSR count). The van der Waals surface area contributed by atoms with Gasteiger partial charge in [0.15, 0.2) is 0 Å². The molecule has 0 spiro atoms. The van der Waals surface area contributed by atoms with E-state index in [2.05, 4.69) is 15.3 Å². The van der Waals surface area contributed by atoms with Gasteiger partial charge in [-0.1, -0.05) is 0 Å². The summed E-state index contributed by atoms with van der Waals surface area (Å²) < 4.78 is 9.04. The minimum Gasteiger partial charge on any atom is -0.377 e. The number of aryl methyl sites for hydroxylation is 2.